The monoisotopic (exact) mass is 175 g/mol. The minimum atomic E-state index is 0.0589. The van der Waals surface area contributed by atoms with Gasteiger partial charge in [-0.2, -0.15) is 0 Å². The standard InChI is InChI=1S/C10H9NO2/c1-12-10-9-6(4-5-11-10)7-2-3-8(9)13-7/h2-5,7-8H,1H3. The Morgan fingerprint density at radius 3 is 3.08 bits per heavy atom. The van der Waals surface area contributed by atoms with Gasteiger partial charge in [0.1, 0.15) is 12.2 Å². The molecule has 0 radical (unpaired) electrons. The number of pyridine rings is 1. The van der Waals surface area contributed by atoms with E-state index in [1.807, 2.05) is 6.07 Å². The molecular weight excluding hydrogens is 166 g/mol. The first kappa shape index (κ1) is 7.09. The third-order valence-electron chi connectivity index (χ3n) is 2.53. The smallest absolute Gasteiger partial charge is 0.219 e. The molecule has 0 aromatic carbocycles. The topological polar surface area (TPSA) is 31.4 Å². The highest BCUT2D eigenvalue weighted by Gasteiger charge is 2.36. The van der Waals surface area contributed by atoms with Crippen LogP contribution in [0.15, 0.2) is 24.4 Å². The molecule has 0 N–H and O–H groups in total. The largest absolute Gasteiger partial charge is 0.481 e. The molecule has 2 aliphatic heterocycles. The van der Waals surface area contributed by atoms with E-state index in [0.717, 1.165) is 5.56 Å². The molecule has 2 unspecified atom stereocenters. The van der Waals surface area contributed by atoms with E-state index in [4.69, 9.17) is 9.47 Å². The third kappa shape index (κ3) is 0.795. The summed E-state index contributed by atoms with van der Waals surface area (Å²) in [4.78, 5) is 4.15. The van der Waals surface area contributed by atoms with Crippen LogP contribution >= 0.6 is 0 Å². The predicted octanol–water partition coefficient (Wildman–Crippen LogP) is 1.77. The molecule has 0 saturated carbocycles. The Labute approximate surface area is 76.0 Å². The first-order valence-corrected chi connectivity index (χ1v) is 4.26. The molecule has 66 valence electrons. The highest BCUT2D eigenvalue weighted by Crippen LogP contribution is 2.48. The molecule has 3 heteroatoms. The molecule has 0 amide bonds. The molecule has 3 rings (SSSR count). The molecule has 3 heterocycles. The van der Waals surface area contributed by atoms with Crippen molar-refractivity contribution in [2.45, 2.75) is 12.2 Å². The second kappa shape index (κ2) is 2.33. The van der Waals surface area contributed by atoms with Gasteiger partial charge in [-0.3, -0.25) is 0 Å². The highest BCUT2D eigenvalue weighted by molar-refractivity contribution is 5.47. The van der Waals surface area contributed by atoms with Gasteiger partial charge in [-0.15, -0.1) is 0 Å². The van der Waals surface area contributed by atoms with Crippen LogP contribution in [0.25, 0.3) is 0 Å². The second-order valence-electron chi connectivity index (χ2n) is 3.19. The van der Waals surface area contributed by atoms with E-state index in [2.05, 4.69) is 17.1 Å². The molecule has 2 atom stereocenters. The maximum atomic E-state index is 5.65. The van der Waals surface area contributed by atoms with Crippen LogP contribution in [0.5, 0.6) is 5.88 Å². The van der Waals surface area contributed by atoms with Crippen LogP contribution in [0.4, 0.5) is 0 Å². The molecule has 2 bridgehead atoms. The fourth-order valence-corrected chi connectivity index (χ4v) is 1.96. The number of nitrogens with zero attached hydrogens (tertiary/aromatic N) is 1. The molecule has 2 aliphatic rings. The highest BCUT2D eigenvalue weighted by atomic mass is 16.5. The van der Waals surface area contributed by atoms with Crippen molar-refractivity contribution in [2.75, 3.05) is 7.11 Å². The summed E-state index contributed by atoms with van der Waals surface area (Å²) < 4.78 is 10.8. The van der Waals surface area contributed by atoms with Crippen molar-refractivity contribution in [1.29, 1.82) is 0 Å². The van der Waals surface area contributed by atoms with E-state index in [1.165, 1.54) is 5.56 Å². The summed E-state index contributed by atoms with van der Waals surface area (Å²) >= 11 is 0. The quantitative estimate of drug-likeness (QED) is 0.609. The number of methoxy groups -OCH3 is 1. The van der Waals surface area contributed by atoms with E-state index >= 15 is 0 Å². The van der Waals surface area contributed by atoms with Crippen LogP contribution in [0, 0.1) is 0 Å². The van der Waals surface area contributed by atoms with Crippen molar-refractivity contribution in [1.82, 2.24) is 4.98 Å². The number of ether oxygens (including phenoxy) is 2. The van der Waals surface area contributed by atoms with Gasteiger partial charge in [-0.25, -0.2) is 4.98 Å². The van der Waals surface area contributed by atoms with Crippen molar-refractivity contribution in [3.63, 3.8) is 0 Å². The summed E-state index contributed by atoms with van der Waals surface area (Å²) in [7, 11) is 1.64. The molecular formula is C10H9NO2. The van der Waals surface area contributed by atoms with Gasteiger partial charge in [-0.05, 0) is 11.6 Å². The minimum absolute atomic E-state index is 0.0589. The fraction of sp³-hybridized carbons (Fsp3) is 0.300. The maximum Gasteiger partial charge on any atom is 0.219 e. The number of hydrogen-bond acceptors (Lipinski definition) is 3. The Balaban J connectivity index is 2.23. The molecule has 1 aromatic rings. The Kier molecular flexibility index (Phi) is 1.27. The zero-order chi connectivity index (χ0) is 8.84. The van der Waals surface area contributed by atoms with E-state index in [9.17, 15) is 0 Å². The first-order valence-electron chi connectivity index (χ1n) is 4.26. The normalized spacial score (nSPS) is 27.8. The lowest BCUT2D eigenvalue weighted by molar-refractivity contribution is 0.0868. The average molecular weight is 175 g/mol. The van der Waals surface area contributed by atoms with Crippen molar-refractivity contribution >= 4 is 0 Å². The van der Waals surface area contributed by atoms with E-state index in [1.54, 1.807) is 13.3 Å². The molecule has 0 fully saturated rings. The molecule has 3 nitrogen and oxygen atoms in total. The van der Waals surface area contributed by atoms with Crippen LogP contribution in [0.1, 0.15) is 23.3 Å². The summed E-state index contributed by atoms with van der Waals surface area (Å²) in [5, 5.41) is 0. The Morgan fingerprint density at radius 2 is 2.23 bits per heavy atom. The van der Waals surface area contributed by atoms with Crippen molar-refractivity contribution < 1.29 is 9.47 Å². The van der Waals surface area contributed by atoms with Crippen LogP contribution in [0.2, 0.25) is 0 Å². The van der Waals surface area contributed by atoms with Crippen molar-refractivity contribution in [3.8, 4) is 5.88 Å². The zero-order valence-corrected chi connectivity index (χ0v) is 7.23. The Bertz CT molecular complexity index is 387. The molecule has 0 spiro atoms. The summed E-state index contributed by atoms with van der Waals surface area (Å²) in [6, 6.07) is 1.99. The zero-order valence-electron chi connectivity index (χ0n) is 7.23. The first-order chi connectivity index (χ1) is 6.40. The minimum Gasteiger partial charge on any atom is -0.481 e. The van der Waals surface area contributed by atoms with Crippen molar-refractivity contribution in [2.24, 2.45) is 0 Å². The van der Waals surface area contributed by atoms with Gasteiger partial charge in [0.05, 0.1) is 12.7 Å². The van der Waals surface area contributed by atoms with Gasteiger partial charge in [0, 0.05) is 6.20 Å². The van der Waals surface area contributed by atoms with Gasteiger partial charge < -0.3 is 9.47 Å². The fourth-order valence-electron chi connectivity index (χ4n) is 1.96. The third-order valence-corrected chi connectivity index (χ3v) is 2.53. The van der Waals surface area contributed by atoms with Gasteiger partial charge in [0.2, 0.25) is 5.88 Å². The average Bonchev–Trinajstić information content (AvgIpc) is 2.77. The lowest BCUT2D eigenvalue weighted by Gasteiger charge is -2.09. The van der Waals surface area contributed by atoms with Crippen LogP contribution in [-0.4, -0.2) is 12.1 Å². The SMILES string of the molecule is COc1nccc2c1C1C=CC2O1. The lowest BCUT2D eigenvalue weighted by Crippen LogP contribution is -1.99. The summed E-state index contributed by atoms with van der Waals surface area (Å²) in [6.07, 6.45) is 6.07. The van der Waals surface area contributed by atoms with E-state index < -0.39 is 0 Å². The second-order valence-corrected chi connectivity index (χ2v) is 3.19. The molecule has 0 saturated heterocycles. The number of aromatic nitrogens is 1. The lowest BCUT2D eigenvalue weighted by atomic mass is 9.99. The number of fused-ring (bicyclic) bond motifs is 5. The van der Waals surface area contributed by atoms with Crippen LogP contribution in [-0.2, 0) is 4.74 Å². The maximum absolute atomic E-state index is 5.65. The van der Waals surface area contributed by atoms with Gasteiger partial charge in [-0.1, -0.05) is 12.2 Å². The summed E-state index contributed by atoms with van der Waals surface area (Å²) in [5.74, 6) is 0.689. The Morgan fingerprint density at radius 1 is 1.38 bits per heavy atom. The summed E-state index contributed by atoms with van der Waals surface area (Å²) in [6.45, 7) is 0. The number of hydrogen-bond donors (Lipinski definition) is 0. The van der Waals surface area contributed by atoms with Crippen LogP contribution in [0.3, 0.4) is 0 Å². The van der Waals surface area contributed by atoms with E-state index in [0.29, 0.717) is 5.88 Å². The predicted molar refractivity (Wildman–Crippen MR) is 46.5 cm³/mol. The van der Waals surface area contributed by atoms with Gasteiger partial charge in [0.25, 0.3) is 0 Å². The van der Waals surface area contributed by atoms with Gasteiger partial charge >= 0.3 is 0 Å². The van der Waals surface area contributed by atoms with Gasteiger partial charge in [0.15, 0.2) is 0 Å². The molecule has 13 heavy (non-hydrogen) atoms. The molecule has 0 aliphatic carbocycles. The summed E-state index contributed by atoms with van der Waals surface area (Å²) in [5.41, 5.74) is 2.29. The molecule has 1 aromatic heterocycles. The Hall–Kier alpha value is -1.35. The van der Waals surface area contributed by atoms with Crippen molar-refractivity contribution in [3.05, 3.63) is 35.5 Å². The van der Waals surface area contributed by atoms with E-state index in [-0.39, 0.29) is 12.2 Å². The van der Waals surface area contributed by atoms with Crippen LogP contribution < -0.4 is 4.74 Å². The number of rotatable bonds is 1.